The van der Waals surface area contributed by atoms with Gasteiger partial charge in [0.1, 0.15) is 5.54 Å². The van der Waals surface area contributed by atoms with Crippen molar-refractivity contribution in [2.75, 3.05) is 20.1 Å². The highest BCUT2D eigenvalue weighted by Crippen LogP contribution is 2.31. The van der Waals surface area contributed by atoms with Gasteiger partial charge >= 0.3 is 0 Å². The van der Waals surface area contributed by atoms with Gasteiger partial charge in [0.05, 0.1) is 5.92 Å². The van der Waals surface area contributed by atoms with Gasteiger partial charge in [0, 0.05) is 20.1 Å². The second kappa shape index (κ2) is 5.72. The van der Waals surface area contributed by atoms with Crippen molar-refractivity contribution in [2.24, 2.45) is 11.7 Å². The summed E-state index contributed by atoms with van der Waals surface area (Å²) in [6.07, 6.45) is 2.86. The summed E-state index contributed by atoms with van der Waals surface area (Å²) in [4.78, 5) is 26.5. The lowest BCUT2D eigenvalue weighted by Crippen LogP contribution is -2.58. The molecule has 0 unspecified atom stereocenters. The highest BCUT2D eigenvalue weighted by atomic mass is 16.2. The van der Waals surface area contributed by atoms with Crippen molar-refractivity contribution in [1.82, 2.24) is 10.2 Å². The molecule has 2 aliphatic rings. The Labute approximate surface area is 130 Å². The molecule has 0 saturated carbocycles. The van der Waals surface area contributed by atoms with Gasteiger partial charge in [-0.3, -0.25) is 9.59 Å². The fourth-order valence-corrected chi connectivity index (χ4v) is 3.69. The van der Waals surface area contributed by atoms with Crippen LogP contribution in [0.25, 0.3) is 0 Å². The number of nitrogens with one attached hydrogen (secondary N) is 1. The van der Waals surface area contributed by atoms with Gasteiger partial charge in [0.15, 0.2) is 0 Å². The third-order valence-corrected chi connectivity index (χ3v) is 4.88. The van der Waals surface area contributed by atoms with Crippen molar-refractivity contribution in [2.45, 2.75) is 31.2 Å². The van der Waals surface area contributed by atoms with Crippen LogP contribution in [0.2, 0.25) is 0 Å². The number of carbonyl (C=O) groups excluding carboxylic acids is 2. The molecule has 118 valence electrons. The van der Waals surface area contributed by atoms with E-state index in [0.717, 1.165) is 12.8 Å². The molecule has 3 N–H and O–H groups in total. The van der Waals surface area contributed by atoms with Crippen molar-refractivity contribution in [3.8, 4) is 0 Å². The Balaban J connectivity index is 1.73. The van der Waals surface area contributed by atoms with E-state index in [2.05, 4.69) is 5.32 Å². The molecule has 0 radical (unpaired) electrons. The van der Waals surface area contributed by atoms with Crippen molar-refractivity contribution in [1.29, 1.82) is 0 Å². The number of hydrogen-bond acceptors (Lipinski definition) is 3. The molecule has 2 amide bonds. The molecule has 22 heavy (non-hydrogen) atoms. The molecule has 1 fully saturated rings. The number of likely N-dealkylation sites (tertiary alicyclic amines) is 1. The number of rotatable bonds is 2. The average molecular weight is 301 g/mol. The van der Waals surface area contributed by atoms with E-state index in [0.29, 0.717) is 25.9 Å². The lowest BCUT2D eigenvalue weighted by Gasteiger charge is -2.36. The van der Waals surface area contributed by atoms with Crippen molar-refractivity contribution in [3.05, 3.63) is 35.4 Å². The van der Waals surface area contributed by atoms with Gasteiger partial charge < -0.3 is 16.0 Å². The summed E-state index contributed by atoms with van der Waals surface area (Å²) in [5.74, 6) is -0.120. The van der Waals surface area contributed by atoms with Crippen LogP contribution in [-0.4, -0.2) is 42.4 Å². The maximum atomic E-state index is 12.9. The third-order valence-electron chi connectivity index (χ3n) is 4.88. The molecule has 3 rings (SSSR count). The van der Waals surface area contributed by atoms with Crippen LogP contribution in [0.4, 0.5) is 0 Å². The Morgan fingerprint density at radius 1 is 1.27 bits per heavy atom. The van der Waals surface area contributed by atoms with Crippen LogP contribution in [0.1, 0.15) is 24.0 Å². The molecule has 1 aromatic rings. The molecule has 0 aromatic heterocycles. The van der Waals surface area contributed by atoms with Crippen LogP contribution in [0, 0.1) is 5.92 Å². The largest absolute Gasteiger partial charge is 0.359 e. The minimum atomic E-state index is -0.853. The lowest BCUT2D eigenvalue weighted by molar-refractivity contribution is -0.140. The monoisotopic (exact) mass is 301 g/mol. The molecule has 1 saturated heterocycles. The Morgan fingerprint density at radius 3 is 2.50 bits per heavy atom. The van der Waals surface area contributed by atoms with E-state index in [1.54, 1.807) is 11.9 Å². The predicted octanol–water partition coefficient (Wildman–Crippen LogP) is 0.467. The minimum Gasteiger partial charge on any atom is -0.359 e. The van der Waals surface area contributed by atoms with Crippen LogP contribution >= 0.6 is 0 Å². The summed E-state index contributed by atoms with van der Waals surface area (Å²) in [7, 11) is 1.64. The van der Waals surface area contributed by atoms with E-state index in [-0.39, 0.29) is 17.7 Å². The van der Waals surface area contributed by atoms with Crippen molar-refractivity contribution < 1.29 is 9.59 Å². The van der Waals surface area contributed by atoms with Gasteiger partial charge in [-0.05, 0) is 36.8 Å². The highest BCUT2D eigenvalue weighted by molar-refractivity contribution is 5.89. The molecule has 1 aromatic carbocycles. The first-order valence-electron chi connectivity index (χ1n) is 7.90. The van der Waals surface area contributed by atoms with Crippen molar-refractivity contribution >= 4 is 11.8 Å². The fourth-order valence-electron chi connectivity index (χ4n) is 3.69. The zero-order chi connectivity index (χ0) is 15.7. The number of piperidine rings is 1. The first-order valence-corrected chi connectivity index (χ1v) is 7.90. The summed E-state index contributed by atoms with van der Waals surface area (Å²) in [6.45, 7) is 1.18. The Morgan fingerprint density at radius 2 is 1.91 bits per heavy atom. The number of hydrogen-bond donors (Lipinski definition) is 2. The number of amides is 2. The van der Waals surface area contributed by atoms with Gasteiger partial charge in [-0.25, -0.2) is 0 Å². The lowest BCUT2D eigenvalue weighted by atomic mass is 9.91. The summed E-state index contributed by atoms with van der Waals surface area (Å²) in [6, 6.07) is 8.05. The number of nitrogens with zero attached hydrogens (tertiary/aromatic N) is 1. The standard InChI is InChI=1S/C17H23N3O2/c1-19-15(21)14-7-4-8-20(11-14)16(22)17(18)9-12-5-2-3-6-13(12)10-17/h2-3,5-6,14H,4,7-11,18H2,1H3,(H,19,21)/t14-/m0/s1. The van der Waals surface area contributed by atoms with E-state index in [1.807, 2.05) is 24.3 Å². The number of fused-ring (bicyclic) bond motifs is 1. The van der Waals surface area contributed by atoms with Crippen LogP contribution in [0.15, 0.2) is 24.3 Å². The molecule has 5 nitrogen and oxygen atoms in total. The van der Waals surface area contributed by atoms with Crippen LogP contribution in [0.3, 0.4) is 0 Å². The molecule has 0 bridgehead atoms. The molecular formula is C17H23N3O2. The molecule has 1 aliphatic heterocycles. The second-order valence-corrected chi connectivity index (χ2v) is 6.48. The van der Waals surface area contributed by atoms with Crippen LogP contribution < -0.4 is 11.1 Å². The van der Waals surface area contributed by atoms with Gasteiger partial charge in [0.25, 0.3) is 0 Å². The number of carbonyl (C=O) groups is 2. The summed E-state index contributed by atoms with van der Waals surface area (Å²) < 4.78 is 0. The Kier molecular flexibility index (Phi) is 3.91. The molecule has 1 aliphatic carbocycles. The van der Waals surface area contributed by atoms with E-state index in [9.17, 15) is 9.59 Å². The second-order valence-electron chi connectivity index (χ2n) is 6.48. The number of benzene rings is 1. The fraction of sp³-hybridized carbons (Fsp3) is 0.529. The first kappa shape index (κ1) is 15.0. The quantitative estimate of drug-likeness (QED) is 0.833. The topological polar surface area (TPSA) is 75.4 Å². The third kappa shape index (κ3) is 2.61. The normalized spacial score (nSPS) is 23.0. The van der Waals surface area contributed by atoms with Gasteiger partial charge in [-0.2, -0.15) is 0 Å². The Bertz CT molecular complexity index is 574. The maximum Gasteiger partial charge on any atom is 0.243 e. The summed E-state index contributed by atoms with van der Waals surface area (Å²) in [5, 5.41) is 2.68. The average Bonchev–Trinajstić information content (AvgIpc) is 2.90. The zero-order valence-electron chi connectivity index (χ0n) is 13.0. The SMILES string of the molecule is CNC(=O)[C@H]1CCCN(C(=O)C2(N)Cc3ccccc3C2)C1. The van der Waals surface area contributed by atoms with Gasteiger partial charge in [0.2, 0.25) is 11.8 Å². The van der Waals surface area contributed by atoms with Gasteiger partial charge in [-0.1, -0.05) is 24.3 Å². The minimum absolute atomic E-state index is 0.0123. The molecule has 1 heterocycles. The first-order chi connectivity index (χ1) is 10.5. The van der Waals surface area contributed by atoms with Crippen LogP contribution in [-0.2, 0) is 22.4 Å². The summed E-state index contributed by atoms with van der Waals surface area (Å²) >= 11 is 0. The predicted molar refractivity (Wildman–Crippen MR) is 84.1 cm³/mol. The Hall–Kier alpha value is -1.88. The van der Waals surface area contributed by atoms with E-state index in [4.69, 9.17) is 5.73 Å². The zero-order valence-corrected chi connectivity index (χ0v) is 13.0. The van der Waals surface area contributed by atoms with Crippen molar-refractivity contribution in [3.63, 3.8) is 0 Å². The van der Waals surface area contributed by atoms with E-state index in [1.165, 1.54) is 11.1 Å². The molecular weight excluding hydrogens is 278 g/mol. The maximum absolute atomic E-state index is 12.9. The molecule has 1 atom stereocenters. The molecule has 0 spiro atoms. The van der Waals surface area contributed by atoms with Gasteiger partial charge in [-0.15, -0.1) is 0 Å². The number of nitrogens with two attached hydrogens (primary N) is 1. The summed E-state index contributed by atoms with van der Waals surface area (Å²) in [5.41, 5.74) is 7.92. The van der Waals surface area contributed by atoms with E-state index >= 15 is 0 Å². The van der Waals surface area contributed by atoms with Crippen LogP contribution in [0.5, 0.6) is 0 Å². The highest BCUT2D eigenvalue weighted by Gasteiger charge is 2.43. The smallest absolute Gasteiger partial charge is 0.243 e. The molecule has 5 heteroatoms. The van der Waals surface area contributed by atoms with E-state index < -0.39 is 5.54 Å².